The van der Waals surface area contributed by atoms with E-state index >= 15 is 0 Å². The van der Waals surface area contributed by atoms with Crippen LogP contribution in [-0.2, 0) is 16.6 Å². The molecule has 7 nitrogen and oxygen atoms in total. The number of aryl methyl sites for hydroxylation is 1. The van der Waals surface area contributed by atoms with Gasteiger partial charge in [-0.25, -0.2) is 0 Å². The molecule has 0 spiro atoms. The second-order valence-corrected chi connectivity index (χ2v) is 7.86. The maximum Gasteiger partial charge on any atom is 0.274 e. The minimum atomic E-state index is -0.277. The molecule has 0 unspecified atom stereocenters. The van der Waals surface area contributed by atoms with Crippen LogP contribution in [0.15, 0.2) is 53.2 Å². The predicted molar refractivity (Wildman–Crippen MR) is 111 cm³/mol. The number of aromatic nitrogens is 2. The number of hydrogen-bond donors (Lipinski definition) is 2. The summed E-state index contributed by atoms with van der Waals surface area (Å²) in [5.41, 5.74) is 2.85. The van der Waals surface area contributed by atoms with E-state index in [1.165, 1.54) is 0 Å². The highest BCUT2D eigenvalue weighted by Crippen LogP contribution is 2.23. The number of anilines is 2. The number of amides is 2. The van der Waals surface area contributed by atoms with E-state index in [1.807, 2.05) is 33.8 Å². The van der Waals surface area contributed by atoms with E-state index in [1.54, 1.807) is 42.6 Å². The predicted octanol–water partition coefficient (Wildman–Crippen LogP) is 4.11. The summed E-state index contributed by atoms with van der Waals surface area (Å²) in [7, 11) is 0. The fourth-order valence-corrected chi connectivity index (χ4v) is 2.67. The van der Waals surface area contributed by atoms with Crippen LogP contribution in [0.3, 0.4) is 0 Å². The van der Waals surface area contributed by atoms with Gasteiger partial charge in [-0.3, -0.25) is 14.6 Å². The van der Waals surface area contributed by atoms with E-state index in [4.69, 9.17) is 4.52 Å². The third kappa shape index (κ3) is 5.28. The molecule has 0 atom stereocenters. The van der Waals surface area contributed by atoms with E-state index < -0.39 is 0 Å². The van der Waals surface area contributed by atoms with Crippen molar-refractivity contribution in [2.45, 2.75) is 39.5 Å². The molecule has 7 heteroatoms. The average molecular weight is 392 g/mol. The Morgan fingerprint density at radius 1 is 1.03 bits per heavy atom. The zero-order valence-corrected chi connectivity index (χ0v) is 16.9. The van der Waals surface area contributed by atoms with Crippen molar-refractivity contribution in [2.75, 3.05) is 10.6 Å². The van der Waals surface area contributed by atoms with Crippen LogP contribution >= 0.6 is 0 Å². The van der Waals surface area contributed by atoms with Gasteiger partial charge in [-0.05, 0) is 42.8 Å². The van der Waals surface area contributed by atoms with Crippen LogP contribution in [0.5, 0.6) is 0 Å². The molecule has 0 aliphatic carbocycles. The van der Waals surface area contributed by atoms with Crippen molar-refractivity contribution in [3.8, 4) is 0 Å². The number of hydrogen-bond acceptors (Lipinski definition) is 5. The molecular formula is C22H24N4O3. The van der Waals surface area contributed by atoms with Crippen molar-refractivity contribution in [1.29, 1.82) is 0 Å². The van der Waals surface area contributed by atoms with Crippen LogP contribution in [0, 0.1) is 6.92 Å². The Bertz CT molecular complexity index is 1020. The van der Waals surface area contributed by atoms with Crippen molar-refractivity contribution < 1.29 is 14.1 Å². The van der Waals surface area contributed by atoms with Gasteiger partial charge in [-0.1, -0.05) is 32.0 Å². The van der Waals surface area contributed by atoms with Gasteiger partial charge in [0, 0.05) is 29.1 Å². The first-order valence-electron chi connectivity index (χ1n) is 9.31. The Morgan fingerprint density at radius 3 is 2.28 bits per heavy atom. The van der Waals surface area contributed by atoms with Crippen molar-refractivity contribution >= 4 is 23.2 Å². The Hall–Kier alpha value is -3.48. The van der Waals surface area contributed by atoms with Crippen molar-refractivity contribution in [3.05, 3.63) is 71.4 Å². The van der Waals surface area contributed by atoms with Gasteiger partial charge >= 0.3 is 0 Å². The summed E-state index contributed by atoms with van der Waals surface area (Å²) < 4.78 is 5.30. The number of carbonyl (C=O) groups is 2. The standard InChI is InChI=1S/C22H24N4O3/c1-14-6-5-11-23-20(14)21(28)25-16-9-7-15(8-10-16)24-19(27)13-17-12-18(29-26-17)22(2,3)4/h5-12H,13H2,1-4H3,(H,24,27)(H,25,28). The molecule has 3 rings (SSSR count). The van der Waals surface area contributed by atoms with Gasteiger partial charge in [0.15, 0.2) is 0 Å². The molecule has 3 aromatic rings. The first-order chi connectivity index (χ1) is 13.7. The van der Waals surface area contributed by atoms with Crippen LogP contribution in [0.25, 0.3) is 0 Å². The van der Waals surface area contributed by atoms with Crippen molar-refractivity contribution in [1.82, 2.24) is 10.1 Å². The average Bonchev–Trinajstić information content (AvgIpc) is 3.12. The second kappa shape index (κ2) is 8.26. The number of nitrogens with one attached hydrogen (secondary N) is 2. The molecule has 0 aliphatic rings. The highest BCUT2D eigenvalue weighted by molar-refractivity contribution is 6.04. The molecule has 2 heterocycles. The molecule has 150 valence electrons. The van der Waals surface area contributed by atoms with Crippen LogP contribution in [0.2, 0.25) is 0 Å². The summed E-state index contributed by atoms with van der Waals surface area (Å²) in [6, 6.07) is 12.3. The third-order valence-corrected chi connectivity index (χ3v) is 4.29. The normalized spacial score (nSPS) is 11.2. The van der Waals surface area contributed by atoms with E-state index in [9.17, 15) is 9.59 Å². The van der Waals surface area contributed by atoms with Crippen LogP contribution < -0.4 is 10.6 Å². The molecule has 0 radical (unpaired) electrons. The fraction of sp³-hybridized carbons (Fsp3) is 0.273. The SMILES string of the molecule is Cc1cccnc1C(=O)Nc1ccc(NC(=O)Cc2cc(C(C)(C)C)on2)cc1. The molecule has 2 amide bonds. The lowest BCUT2D eigenvalue weighted by atomic mass is 9.93. The quantitative estimate of drug-likeness (QED) is 0.681. The molecule has 0 aliphatic heterocycles. The summed E-state index contributed by atoms with van der Waals surface area (Å²) in [5.74, 6) is 0.267. The van der Waals surface area contributed by atoms with E-state index in [-0.39, 0.29) is 23.7 Å². The largest absolute Gasteiger partial charge is 0.361 e. The highest BCUT2D eigenvalue weighted by Gasteiger charge is 2.20. The highest BCUT2D eigenvalue weighted by atomic mass is 16.5. The monoisotopic (exact) mass is 392 g/mol. The van der Waals surface area contributed by atoms with Crippen molar-refractivity contribution in [3.63, 3.8) is 0 Å². The Labute approximate surface area is 169 Å². The van der Waals surface area contributed by atoms with Gasteiger partial charge < -0.3 is 15.2 Å². The van der Waals surface area contributed by atoms with Gasteiger partial charge in [0.2, 0.25) is 5.91 Å². The molecule has 0 fully saturated rings. The van der Waals surface area contributed by atoms with Gasteiger partial charge in [0.1, 0.15) is 11.5 Å². The summed E-state index contributed by atoms with van der Waals surface area (Å²) in [6.45, 7) is 7.90. The second-order valence-electron chi connectivity index (χ2n) is 7.86. The minimum Gasteiger partial charge on any atom is -0.361 e. The Kier molecular flexibility index (Phi) is 5.77. The first kappa shape index (κ1) is 20.3. The number of carbonyl (C=O) groups excluding carboxylic acids is 2. The molecule has 0 saturated carbocycles. The molecule has 1 aromatic carbocycles. The zero-order chi connectivity index (χ0) is 21.0. The summed E-state index contributed by atoms with van der Waals surface area (Å²) >= 11 is 0. The lowest BCUT2D eigenvalue weighted by Gasteiger charge is -2.12. The molecule has 29 heavy (non-hydrogen) atoms. The topological polar surface area (TPSA) is 97.1 Å². The van der Waals surface area contributed by atoms with E-state index in [0.29, 0.717) is 22.8 Å². The van der Waals surface area contributed by atoms with Crippen molar-refractivity contribution in [2.24, 2.45) is 0 Å². The maximum absolute atomic E-state index is 12.3. The Morgan fingerprint density at radius 2 is 1.69 bits per heavy atom. The lowest BCUT2D eigenvalue weighted by molar-refractivity contribution is -0.115. The smallest absolute Gasteiger partial charge is 0.274 e. The number of nitrogens with zero attached hydrogens (tertiary/aromatic N) is 2. The molecule has 2 N–H and O–H groups in total. The van der Waals surface area contributed by atoms with E-state index in [0.717, 1.165) is 11.3 Å². The number of benzene rings is 1. The number of pyridine rings is 1. The van der Waals surface area contributed by atoms with Crippen LogP contribution in [0.4, 0.5) is 11.4 Å². The lowest BCUT2D eigenvalue weighted by Crippen LogP contribution is -2.16. The summed E-state index contributed by atoms with van der Waals surface area (Å²) in [6.07, 6.45) is 1.71. The van der Waals surface area contributed by atoms with Crippen LogP contribution in [0.1, 0.15) is 48.3 Å². The number of rotatable bonds is 5. The summed E-state index contributed by atoms with van der Waals surface area (Å²) in [4.78, 5) is 28.7. The molecule has 0 bridgehead atoms. The van der Waals surface area contributed by atoms with Crippen LogP contribution in [-0.4, -0.2) is 22.0 Å². The summed E-state index contributed by atoms with van der Waals surface area (Å²) in [5, 5.41) is 9.57. The third-order valence-electron chi connectivity index (χ3n) is 4.29. The molecule has 0 saturated heterocycles. The van der Waals surface area contributed by atoms with Gasteiger partial charge in [0.25, 0.3) is 5.91 Å². The van der Waals surface area contributed by atoms with Gasteiger partial charge in [0.05, 0.1) is 12.1 Å². The minimum absolute atomic E-state index is 0.122. The van der Waals surface area contributed by atoms with Gasteiger partial charge in [-0.15, -0.1) is 0 Å². The fourth-order valence-electron chi connectivity index (χ4n) is 2.67. The Balaban J connectivity index is 1.57. The molecular weight excluding hydrogens is 368 g/mol. The van der Waals surface area contributed by atoms with Gasteiger partial charge in [-0.2, -0.15) is 0 Å². The molecule has 2 aromatic heterocycles. The first-order valence-corrected chi connectivity index (χ1v) is 9.31. The maximum atomic E-state index is 12.3. The van der Waals surface area contributed by atoms with E-state index in [2.05, 4.69) is 20.8 Å². The zero-order valence-electron chi connectivity index (χ0n) is 16.9.